The third kappa shape index (κ3) is 7.10. The van der Waals surface area contributed by atoms with Crippen LogP contribution in [-0.4, -0.2) is 69.4 Å². The molecule has 2 aliphatic rings. The van der Waals surface area contributed by atoms with Crippen LogP contribution in [0.2, 0.25) is 0 Å². The Morgan fingerprint density at radius 3 is 2.17 bits per heavy atom. The Bertz CT molecular complexity index is 1370. The molecular weight excluding hydrogens is 544 g/mol. The van der Waals surface area contributed by atoms with Gasteiger partial charge in [0.2, 0.25) is 0 Å². The van der Waals surface area contributed by atoms with Gasteiger partial charge in [-0.15, -0.1) is 0 Å². The molecule has 0 saturated carbocycles. The lowest BCUT2D eigenvalue weighted by atomic mass is 9.80. The monoisotopic (exact) mass is 583 g/mol. The van der Waals surface area contributed by atoms with Crippen LogP contribution in [0.5, 0.6) is 5.75 Å². The number of piperazine rings is 1. The van der Waals surface area contributed by atoms with E-state index in [1.165, 1.54) is 22.9 Å². The van der Waals surface area contributed by atoms with Crippen LogP contribution in [0.4, 0.5) is 14.5 Å². The number of ether oxygens (including phenoxy) is 3. The summed E-state index contributed by atoms with van der Waals surface area (Å²) in [7, 11) is 0. The van der Waals surface area contributed by atoms with Crippen molar-refractivity contribution in [3.05, 3.63) is 81.7 Å². The number of para-hydroxylation sites is 1. The average molecular weight is 584 g/mol. The third-order valence-electron chi connectivity index (χ3n) is 7.79. The Morgan fingerprint density at radius 2 is 1.55 bits per heavy atom. The smallest absolute Gasteiger partial charge is 0.387 e. The molecule has 2 aromatic carbocycles. The van der Waals surface area contributed by atoms with E-state index >= 15 is 0 Å². The molecule has 1 N–H and O–H groups in total. The maximum absolute atomic E-state index is 13.6. The van der Waals surface area contributed by atoms with Crippen molar-refractivity contribution in [2.45, 2.75) is 47.1 Å². The summed E-state index contributed by atoms with van der Waals surface area (Å²) in [6.45, 7) is 10.3. The number of nitrogens with one attached hydrogen (secondary N) is 1. The van der Waals surface area contributed by atoms with Crippen molar-refractivity contribution < 1.29 is 32.6 Å². The van der Waals surface area contributed by atoms with E-state index in [0.29, 0.717) is 17.9 Å². The predicted octanol–water partition coefficient (Wildman–Crippen LogP) is 5.07. The van der Waals surface area contributed by atoms with Crippen molar-refractivity contribution in [3.63, 3.8) is 0 Å². The van der Waals surface area contributed by atoms with Gasteiger partial charge in [-0.3, -0.25) is 4.90 Å². The highest BCUT2D eigenvalue weighted by Gasteiger charge is 2.39. The molecule has 1 saturated heterocycles. The molecule has 2 heterocycles. The molecule has 4 rings (SSSR count). The zero-order valence-corrected chi connectivity index (χ0v) is 24.8. The minimum absolute atomic E-state index is 0.108. The van der Waals surface area contributed by atoms with E-state index in [9.17, 15) is 18.4 Å². The van der Waals surface area contributed by atoms with Crippen molar-refractivity contribution in [2.75, 3.05) is 50.8 Å². The van der Waals surface area contributed by atoms with Crippen molar-refractivity contribution in [2.24, 2.45) is 0 Å². The van der Waals surface area contributed by atoms with E-state index in [0.717, 1.165) is 26.2 Å². The number of alkyl halides is 2. The van der Waals surface area contributed by atoms with E-state index in [1.807, 2.05) is 0 Å². The Balaban J connectivity index is 1.48. The summed E-state index contributed by atoms with van der Waals surface area (Å²) in [6.07, 6.45) is 0. The number of nitrogens with zero attached hydrogens (tertiary/aromatic N) is 2. The van der Waals surface area contributed by atoms with Crippen LogP contribution in [-0.2, 0) is 19.1 Å². The maximum atomic E-state index is 13.6. The van der Waals surface area contributed by atoms with Crippen molar-refractivity contribution in [1.82, 2.24) is 10.2 Å². The number of carbonyl (C=O) groups excluding carboxylic acids is 2. The third-order valence-corrected chi connectivity index (χ3v) is 7.79. The molecule has 0 bridgehead atoms. The number of rotatable bonds is 10. The fourth-order valence-electron chi connectivity index (χ4n) is 5.47. The van der Waals surface area contributed by atoms with E-state index < -0.39 is 24.5 Å². The van der Waals surface area contributed by atoms with E-state index in [1.54, 1.807) is 39.0 Å². The molecule has 0 spiro atoms. The highest BCUT2D eigenvalue weighted by molar-refractivity contribution is 6.00. The van der Waals surface area contributed by atoms with Crippen LogP contribution in [0.15, 0.2) is 65.0 Å². The SMILES string of the molecule is CCOC(=O)C1=C(C)NC(C)=C(C(=O)OCCN2CCN(c3ccc(C)c(C)c3)CC2)C1c1ccccc1OC(F)F. The van der Waals surface area contributed by atoms with Crippen molar-refractivity contribution >= 4 is 17.6 Å². The number of hydrogen-bond acceptors (Lipinski definition) is 8. The summed E-state index contributed by atoms with van der Waals surface area (Å²) in [6, 6.07) is 12.6. The number of allylic oxidation sites excluding steroid dienone is 2. The van der Waals surface area contributed by atoms with E-state index in [2.05, 4.69) is 47.2 Å². The highest BCUT2D eigenvalue weighted by atomic mass is 19.3. The fourth-order valence-corrected chi connectivity index (χ4v) is 5.47. The summed E-state index contributed by atoms with van der Waals surface area (Å²) in [5.41, 5.74) is 5.20. The first-order chi connectivity index (χ1) is 20.1. The standard InChI is InChI=1S/C32H39F2N3O5/c1-6-40-30(38)27-22(4)35-23(5)28(29(27)25-9-7-8-10-26(25)42-32(33)34)31(39)41-18-17-36-13-15-37(16-14-36)24-12-11-20(2)21(3)19-24/h7-12,19,29,32,35H,6,13-18H2,1-5H3. The largest absolute Gasteiger partial charge is 0.463 e. The number of carbonyl (C=O) groups is 2. The first-order valence-corrected chi connectivity index (χ1v) is 14.2. The van der Waals surface area contributed by atoms with Gasteiger partial charge in [0.25, 0.3) is 0 Å². The fraction of sp³-hybridized carbons (Fsp3) is 0.438. The average Bonchev–Trinajstić information content (AvgIpc) is 2.94. The maximum Gasteiger partial charge on any atom is 0.387 e. The lowest BCUT2D eigenvalue weighted by molar-refractivity contribution is -0.140. The molecule has 0 radical (unpaired) electrons. The van der Waals surface area contributed by atoms with E-state index in [-0.39, 0.29) is 35.7 Å². The van der Waals surface area contributed by atoms with Gasteiger partial charge < -0.3 is 24.4 Å². The molecule has 42 heavy (non-hydrogen) atoms. The molecule has 8 nitrogen and oxygen atoms in total. The normalized spacial score (nSPS) is 17.8. The van der Waals surface area contributed by atoms with Gasteiger partial charge in [-0.2, -0.15) is 8.78 Å². The molecule has 1 fully saturated rings. The van der Waals surface area contributed by atoms with Crippen LogP contribution < -0.4 is 15.0 Å². The lowest BCUT2D eigenvalue weighted by Crippen LogP contribution is -2.47. The number of halogens is 2. The Labute approximate surface area is 245 Å². The number of anilines is 1. The van der Waals surface area contributed by atoms with Gasteiger partial charge in [0.1, 0.15) is 12.4 Å². The van der Waals surface area contributed by atoms with Crippen LogP contribution in [0.1, 0.15) is 43.4 Å². The molecule has 0 amide bonds. The van der Waals surface area contributed by atoms with Gasteiger partial charge >= 0.3 is 18.6 Å². The number of aryl methyl sites for hydroxylation is 2. The molecule has 0 aromatic heterocycles. The van der Waals surface area contributed by atoms with Crippen LogP contribution in [0.25, 0.3) is 0 Å². The van der Waals surface area contributed by atoms with Gasteiger partial charge in [-0.05, 0) is 63.9 Å². The Kier molecular flexibility index (Phi) is 10.2. The summed E-state index contributed by atoms with van der Waals surface area (Å²) in [4.78, 5) is 31.3. The molecule has 10 heteroatoms. The zero-order valence-electron chi connectivity index (χ0n) is 24.8. The lowest BCUT2D eigenvalue weighted by Gasteiger charge is -2.36. The molecule has 1 atom stereocenters. The van der Waals surface area contributed by atoms with Crippen molar-refractivity contribution in [3.8, 4) is 5.75 Å². The molecule has 1 unspecified atom stereocenters. The summed E-state index contributed by atoms with van der Waals surface area (Å²) < 4.78 is 42.4. The summed E-state index contributed by atoms with van der Waals surface area (Å²) in [5, 5.41) is 3.08. The number of esters is 2. The quantitative estimate of drug-likeness (QED) is 0.389. The second-order valence-electron chi connectivity index (χ2n) is 10.5. The van der Waals surface area contributed by atoms with Gasteiger partial charge in [0.15, 0.2) is 0 Å². The highest BCUT2D eigenvalue weighted by Crippen LogP contribution is 2.43. The van der Waals surface area contributed by atoms with E-state index in [4.69, 9.17) is 14.2 Å². The van der Waals surface area contributed by atoms with Crippen LogP contribution in [0.3, 0.4) is 0 Å². The van der Waals surface area contributed by atoms with Gasteiger partial charge in [-0.25, -0.2) is 9.59 Å². The van der Waals surface area contributed by atoms with Gasteiger partial charge in [0.05, 0.1) is 23.7 Å². The van der Waals surface area contributed by atoms with Crippen LogP contribution in [0, 0.1) is 13.8 Å². The molecule has 226 valence electrons. The van der Waals surface area contributed by atoms with Crippen LogP contribution >= 0.6 is 0 Å². The number of dihydropyridines is 1. The first-order valence-electron chi connectivity index (χ1n) is 14.2. The first kappa shape index (κ1) is 31.0. The number of hydrogen-bond donors (Lipinski definition) is 1. The Morgan fingerprint density at radius 1 is 0.905 bits per heavy atom. The van der Waals surface area contributed by atoms with Crippen molar-refractivity contribution in [1.29, 1.82) is 0 Å². The molecule has 2 aliphatic heterocycles. The molecule has 0 aliphatic carbocycles. The number of benzene rings is 2. The summed E-state index contributed by atoms with van der Waals surface area (Å²) >= 11 is 0. The zero-order chi connectivity index (χ0) is 30.4. The van der Waals surface area contributed by atoms with Gasteiger partial charge in [0, 0.05) is 55.4 Å². The molecular formula is C32H39F2N3O5. The predicted molar refractivity (Wildman–Crippen MR) is 157 cm³/mol. The second-order valence-corrected chi connectivity index (χ2v) is 10.5. The second kappa shape index (κ2) is 13.8. The topological polar surface area (TPSA) is 80.3 Å². The minimum Gasteiger partial charge on any atom is -0.463 e. The molecule has 2 aromatic rings. The minimum atomic E-state index is -3.08. The Hall–Kier alpha value is -3.92. The summed E-state index contributed by atoms with van der Waals surface area (Å²) in [5.74, 6) is -2.44. The van der Waals surface area contributed by atoms with Gasteiger partial charge in [-0.1, -0.05) is 24.3 Å².